The molecule has 0 N–H and O–H groups in total. The molecule has 1 fully saturated rings. The second-order valence-corrected chi connectivity index (χ2v) is 10.2. The van der Waals surface area contributed by atoms with Crippen molar-refractivity contribution in [2.45, 2.75) is 58.4 Å². The fourth-order valence-corrected chi connectivity index (χ4v) is 4.69. The number of halogens is 1. The van der Waals surface area contributed by atoms with E-state index in [9.17, 15) is 24.0 Å². The molecule has 0 spiro atoms. The van der Waals surface area contributed by atoms with Crippen molar-refractivity contribution in [3.63, 3.8) is 0 Å². The van der Waals surface area contributed by atoms with Gasteiger partial charge in [-0.15, -0.1) is 0 Å². The lowest BCUT2D eigenvalue weighted by atomic mass is 9.98. The molecule has 0 amide bonds. The predicted octanol–water partition coefficient (Wildman–Crippen LogP) is 3.68. The smallest absolute Gasteiger partial charge is 0.303 e. The Labute approximate surface area is 247 Å². The van der Waals surface area contributed by atoms with E-state index in [-0.39, 0.29) is 22.1 Å². The van der Waals surface area contributed by atoms with E-state index in [0.717, 1.165) is 25.2 Å². The Morgan fingerprint density at radius 3 is 2.05 bits per heavy atom. The number of ether oxygens (including phenoxy) is 6. The summed E-state index contributed by atoms with van der Waals surface area (Å²) in [6, 6.07) is 11.6. The summed E-state index contributed by atoms with van der Waals surface area (Å²) in [5, 5.41) is 0.282. The van der Waals surface area contributed by atoms with Gasteiger partial charge in [0.15, 0.2) is 17.6 Å². The fraction of sp³-hybridized carbons (Fsp3) is 0.345. The molecule has 3 aromatic rings. The third kappa shape index (κ3) is 7.34. The van der Waals surface area contributed by atoms with Gasteiger partial charge >= 0.3 is 23.9 Å². The van der Waals surface area contributed by atoms with Crippen LogP contribution in [0.25, 0.3) is 22.1 Å². The summed E-state index contributed by atoms with van der Waals surface area (Å²) in [5.41, 5.74) is 0.969. The highest BCUT2D eigenvalue weighted by molar-refractivity contribution is 9.10. The highest BCUT2D eigenvalue weighted by Crippen LogP contribution is 2.32. The van der Waals surface area contributed by atoms with Crippen molar-refractivity contribution < 1.29 is 52.0 Å². The number of esters is 4. The van der Waals surface area contributed by atoms with E-state index in [1.54, 1.807) is 12.1 Å². The zero-order chi connectivity index (χ0) is 30.6. The molecule has 0 bridgehead atoms. The Bertz CT molecular complexity index is 1550. The Balaban J connectivity index is 1.70. The van der Waals surface area contributed by atoms with Crippen molar-refractivity contribution in [3.8, 4) is 16.9 Å². The standard InChI is InChI=1S/C29H27BrO12/c1-14(31)36-13-24-26(38-15(2)32)27(39-16(3)33)28(40-17(4)34)29(42-24)41-20-9-10-21-23(11-20)37-12-22(25(21)35)18-5-7-19(30)8-6-18/h5-12,24,26-29H,13H2,1-4H3/t24-,26-,27+,28+,29+/m1/s1. The molecule has 2 aromatic carbocycles. The second kappa shape index (κ2) is 13.2. The third-order valence-electron chi connectivity index (χ3n) is 6.10. The van der Waals surface area contributed by atoms with Crippen molar-refractivity contribution in [2.24, 2.45) is 0 Å². The van der Waals surface area contributed by atoms with Gasteiger partial charge in [-0.2, -0.15) is 0 Å². The number of benzene rings is 2. The lowest BCUT2D eigenvalue weighted by Gasteiger charge is -2.43. The molecule has 0 saturated carbocycles. The molecule has 0 unspecified atom stereocenters. The summed E-state index contributed by atoms with van der Waals surface area (Å²) < 4.78 is 39.8. The average molecular weight is 647 g/mol. The molecular formula is C29H27BrO12. The van der Waals surface area contributed by atoms with Crippen molar-refractivity contribution in [1.82, 2.24) is 0 Å². The van der Waals surface area contributed by atoms with Crippen LogP contribution >= 0.6 is 15.9 Å². The molecule has 5 atom stereocenters. The summed E-state index contributed by atoms with van der Waals surface area (Å²) in [4.78, 5) is 60.7. The van der Waals surface area contributed by atoms with Crippen LogP contribution in [0.3, 0.4) is 0 Å². The molecule has 2 heterocycles. The predicted molar refractivity (Wildman–Crippen MR) is 148 cm³/mol. The Morgan fingerprint density at radius 2 is 1.43 bits per heavy atom. The van der Waals surface area contributed by atoms with Gasteiger partial charge in [0.25, 0.3) is 0 Å². The first-order valence-electron chi connectivity index (χ1n) is 12.7. The quantitative estimate of drug-likeness (QED) is 0.259. The van der Waals surface area contributed by atoms with Crippen LogP contribution < -0.4 is 10.2 Å². The topological polar surface area (TPSA) is 154 Å². The van der Waals surface area contributed by atoms with Gasteiger partial charge in [0, 0.05) is 38.2 Å². The van der Waals surface area contributed by atoms with Gasteiger partial charge in [0.1, 0.15) is 30.3 Å². The first kappa shape index (κ1) is 30.7. The van der Waals surface area contributed by atoms with Gasteiger partial charge in [-0.1, -0.05) is 28.1 Å². The first-order chi connectivity index (χ1) is 19.9. The molecule has 1 aliphatic rings. The van der Waals surface area contributed by atoms with E-state index < -0.39 is 61.2 Å². The van der Waals surface area contributed by atoms with Crippen molar-refractivity contribution in [1.29, 1.82) is 0 Å². The summed E-state index contributed by atoms with van der Waals surface area (Å²) >= 11 is 3.37. The molecule has 4 rings (SSSR count). The number of hydrogen-bond donors (Lipinski definition) is 0. The lowest BCUT2D eigenvalue weighted by Crippen LogP contribution is -2.63. The molecule has 222 valence electrons. The Hall–Kier alpha value is -4.23. The Kier molecular flexibility index (Phi) is 9.63. The average Bonchev–Trinajstić information content (AvgIpc) is 2.91. The van der Waals surface area contributed by atoms with Crippen molar-refractivity contribution in [2.75, 3.05) is 6.61 Å². The monoisotopic (exact) mass is 646 g/mol. The lowest BCUT2D eigenvalue weighted by molar-refractivity contribution is -0.288. The molecular weight excluding hydrogens is 620 g/mol. The number of carbonyl (C=O) groups is 4. The molecule has 13 heteroatoms. The van der Waals surface area contributed by atoms with Crippen LogP contribution in [0, 0.1) is 0 Å². The highest BCUT2D eigenvalue weighted by Gasteiger charge is 2.53. The van der Waals surface area contributed by atoms with Crippen LogP contribution in [-0.2, 0) is 42.9 Å². The molecule has 0 aliphatic carbocycles. The van der Waals surface area contributed by atoms with E-state index in [0.29, 0.717) is 11.1 Å². The number of hydrogen-bond acceptors (Lipinski definition) is 12. The van der Waals surface area contributed by atoms with Gasteiger partial charge in [-0.25, -0.2) is 0 Å². The minimum atomic E-state index is -1.43. The highest BCUT2D eigenvalue weighted by atomic mass is 79.9. The molecule has 42 heavy (non-hydrogen) atoms. The largest absolute Gasteiger partial charge is 0.463 e. The van der Waals surface area contributed by atoms with E-state index in [2.05, 4.69) is 15.9 Å². The van der Waals surface area contributed by atoms with Gasteiger partial charge in [-0.3, -0.25) is 24.0 Å². The number of carbonyl (C=O) groups excluding carboxylic acids is 4. The van der Waals surface area contributed by atoms with Crippen LogP contribution in [0.1, 0.15) is 27.7 Å². The normalized spacial score (nSPS) is 21.7. The van der Waals surface area contributed by atoms with E-state index in [4.69, 9.17) is 32.8 Å². The maximum atomic E-state index is 13.2. The summed E-state index contributed by atoms with van der Waals surface area (Å²) in [6.45, 7) is 4.15. The van der Waals surface area contributed by atoms with E-state index in [1.165, 1.54) is 31.4 Å². The fourth-order valence-electron chi connectivity index (χ4n) is 4.43. The van der Waals surface area contributed by atoms with Crippen molar-refractivity contribution >= 4 is 50.8 Å². The summed E-state index contributed by atoms with van der Waals surface area (Å²) in [7, 11) is 0. The van der Waals surface area contributed by atoms with Crippen molar-refractivity contribution in [3.05, 3.63) is 63.4 Å². The zero-order valence-corrected chi connectivity index (χ0v) is 24.6. The number of fused-ring (bicyclic) bond motifs is 1. The first-order valence-corrected chi connectivity index (χ1v) is 13.5. The maximum absolute atomic E-state index is 13.2. The van der Waals surface area contributed by atoms with Crippen LogP contribution in [0.4, 0.5) is 0 Å². The van der Waals surface area contributed by atoms with Crippen LogP contribution in [0.5, 0.6) is 5.75 Å². The van der Waals surface area contributed by atoms with Crippen LogP contribution in [-0.4, -0.2) is 61.2 Å². The van der Waals surface area contributed by atoms with E-state index in [1.807, 2.05) is 12.1 Å². The van der Waals surface area contributed by atoms with Crippen LogP contribution in [0.15, 0.2) is 62.4 Å². The summed E-state index contributed by atoms with van der Waals surface area (Å²) in [5.74, 6) is -2.78. The molecule has 0 radical (unpaired) electrons. The van der Waals surface area contributed by atoms with Crippen LogP contribution in [0.2, 0.25) is 0 Å². The second-order valence-electron chi connectivity index (χ2n) is 9.33. The van der Waals surface area contributed by atoms with Gasteiger partial charge in [-0.05, 0) is 29.8 Å². The zero-order valence-electron chi connectivity index (χ0n) is 23.0. The SMILES string of the molecule is CC(=O)OC[C@H]1O[C@H](Oc2ccc3c(=O)c(-c4ccc(Br)cc4)coc3c2)[C@@H](OC(C)=O)[C@@H](OC(C)=O)[C@@H]1OC(C)=O. The molecule has 1 aliphatic heterocycles. The molecule has 12 nitrogen and oxygen atoms in total. The maximum Gasteiger partial charge on any atom is 0.303 e. The van der Waals surface area contributed by atoms with E-state index >= 15 is 0 Å². The number of rotatable bonds is 8. The van der Waals surface area contributed by atoms with Gasteiger partial charge in [0.2, 0.25) is 12.4 Å². The van der Waals surface area contributed by atoms with Gasteiger partial charge in [0.05, 0.1) is 10.9 Å². The van der Waals surface area contributed by atoms with Gasteiger partial charge < -0.3 is 32.8 Å². The minimum Gasteiger partial charge on any atom is -0.463 e. The Morgan fingerprint density at radius 1 is 0.810 bits per heavy atom. The molecule has 1 aromatic heterocycles. The third-order valence-corrected chi connectivity index (χ3v) is 6.63. The summed E-state index contributed by atoms with van der Waals surface area (Å²) in [6.07, 6.45) is -5.39. The minimum absolute atomic E-state index is 0.142. The molecule has 1 saturated heterocycles.